The topological polar surface area (TPSA) is 66.8 Å². The molecule has 0 spiro atoms. The quantitative estimate of drug-likeness (QED) is 0.283. The van der Waals surface area contributed by atoms with E-state index < -0.39 is 23.5 Å². The van der Waals surface area contributed by atoms with Crippen molar-refractivity contribution in [3.8, 4) is 5.75 Å². The summed E-state index contributed by atoms with van der Waals surface area (Å²) in [6, 6.07) is 21.2. The van der Waals surface area contributed by atoms with Gasteiger partial charge in [-0.25, -0.2) is 4.39 Å². The molecular formula is C28H26FNO4. The van der Waals surface area contributed by atoms with Crippen LogP contribution in [0.4, 0.5) is 4.39 Å². The van der Waals surface area contributed by atoms with Gasteiger partial charge in [0, 0.05) is 12.1 Å². The Bertz CT molecular complexity index is 1190. The molecule has 3 aromatic rings. The van der Waals surface area contributed by atoms with Gasteiger partial charge >= 0.3 is 0 Å². The van der Waals surface area contributed by atoms with Crippen molar-refractivity contribution in [3.05, 3.63) is 107 Å². The van der Waals surface area contributed by atoms with Crippen LogP contribution in [0.1, 0.15) is 36.1 Å². The van der Waals surface area contributed by atoms with Gasteiger partial charge in [-0.15, -0.1) is 0 Å². The van der Waals surface area contributed by atoms with Crippen molar-refractivity contribution in [1.29, 1.82) is 0 Å². The minimum atomic E-state index is -0.819. The summed E-state index contributed by atoms with van der Waals surface area (Å²) in [4.78, 5) is 27.6. The zero-order chi connectivity index (χ0) is 24.1. The number of aliphatic hydroxyl groups is 1. The molecule has 0 radical (unpaired) electrons. The minimum absolute atomic E-state index is 0.00750. The second-order valence-corrected chi connectivity index (χ2v) is 8.15. The van der Waals surface area contributed by atoms with Gasteiger partial charge in [-0.05, 0) is 60.4 Å². The molecule has 1 amide bonds. The van der Waals surface area contributed by atoms with Crippen molar-refractivity contribution >= 4 is 17.4 Å². The van der Waals surface area contributed by atoms with Crippen molar-refractivity contribution in [3.63, 3.8) is 0 Å². The molecular weight excluding hydrogens is 433 g/mol. The summed E-state index contributed by atoms with van der Waals surface area (Å²) >= 11 is 0. The average Bonchev–Trinajstić information content (AvgIpc) is 3.12. The van der Waals surface area contributed by atoms with Crippen LogP contribution in [0.15, 0.2) is 84.4 Å². The van der Waals surface area contributed by atoms with E-state index in [2.05, 4.69) is 0 Å². The first-order chi connectivity index (χ1) is 16.5. The molecule has 0 bridgehead atoms. The summed E-state index contributed by atoms with van der Waals surface area (Å²) in [6.45, 7) is 2.85. The van der Waals surface area contributed by atoms with Crippen molar-refractivity contribution in [2.75, 3.05) is 13.2 Å². The van der Waals surface area contributed by atoms with E-state index in [1.54, 1.807) is 24.3 Å². The lowest BCUT2D eigenvalue weighted by Gasteiger charge is -2.25. The molecule has 1 saturated heterocycles. The molecule has 1 aliphatic rings. The van der Waals surface area contributed by atoms with E-state index in [9.17, 15) is 19.1 Å². The molecule has 5 nitrogen and oxygen atoms in total. The summed E-state index contributed by atoms with van der Waals surface area (Å²) in [7, 11) is 0. The van der Waals surface area contributed by atoms with Crippen LogP contribution in [0.2, 0.25) is 0 Å². The van der Waals surface area contributed by atoms with Crippen molar-refractivity contribution in [2.45, 2.75) is 25.8 Å². The van der Waals surface area contributed by atoms with Crippen LogP contribution in [0.3, 0.4) is 0 Å². The van der Waals surface area contributed by atoms with Crippen LogP contribution >= 0.6 is 0 Å². The van der Waals surface area contributed by atoms with Crippen LogP contribution in [-0.4, -0.2) is 34.8 Å². The highest BCUT2D eigenvalue weighted by Gasteiger charge is 2.45. The molecule has 1 heterocycles. The molecule has 1 N–H and O–H groups in total. The molecule has 0 aliphatic carbocycles. The maximum absolute atomic E-state index is 13.6. The third-order valence-electron chi connectivity index (χ3n) is 5.81. The third kappa shape index (κ3) is 4.86. The highest BCUT2D eigenvalue weighted by atomic mass is 19.1. The Morgan fingerprint density at radius 2 is 1.65 bits per heavy atom. The van der Waals surface area contributed by atoms with Gasteiger partial charge in [-0.2, -0.15) is 0 Å². The predicted octanol–water partition coefficient (Wildman–Crippen LogP) is 5.28. The largest absolute Gasteiger partial charge is 0.507 e. The van der Waals surface area contributed by atoms with E-state index in [1.165, 1.54) is 29.2 Å². The second kappa shape index (κ2) is 10.3. The summed E-state index contributed by atoms with van der Waals surface area (Å²) in [5.74, 6) is -1.48. The summed E-state index contributed by atoms with van der Waals surface area (Å²) in [5.41, 5.74) is 1.96. The zero-order valence-electron chi connectivity index (χ0n) is 18.9. The third-order valence-corrected chi connectivity index (χ3v) is 5.81. The highest BCUT2D eigenvalue weighted by Crippen LogP contribution is 2.39. The number of carbonyl (C=O) groups excluding carboxylic acids is 2. The molecule has 1 unspecified atom stereocenters. The maximum atomic E-state index is 13.6. The maximum Gasteiger partial charge on any atom is 0.295 e. The number of hydrogen-bond acceptors (Lipinski definition) is 4. The Labute approximate surface area is 198 Å². The lowest BCUT2D eigenvalue weighted by atomic mass is 9.95. The number of halogens is 1. The van der Waals surface area contributed by atoms with Gasteiger partial charge in [0.25, 0.3) is 11.7 Å². The number of amides is 1. The first kappa shape index (κ1) is 23.2. The first-order valence-electron chi connectivity index (χ1n) is 11.3. The molecule has 3 aromatic carbocycles. The van der Waals surface area contributed by atoms with E-state index in [0.29, 0.717) is 29.9 Å². The lowest BCUT2D eigenvalue weighted by molar-refractivity contribution is -0.139. The molecule has 4 rings (SSSR count). The van der Waals surface area contributed by atoms with Crippen LogP contribution in [0.25, 0.3) is 5.76 Å². The smallest absolute Gasteiger partial charge is 0.295 e. The van der Waals surface area contributed by atoms with Gasteiger partial charge in [0.05, 0.1) is 18.2 Å². The first-order valence-corrected chi connectivity index (χ1v) is 11.3. The number of Topliss-reactive ketones (excluding diaryl/α,β-unsaturated/α-hetero) is 1. The lowest BCUT2D eigenvalue weighted by Crippen LogP contribution is -2.31. The molecule has 34 heavy (non-hydrogen) atoms. The second-order valence-electron chi connectivity index (χ2n) is 8.15. The van der Waals surface area contributed by atoms with Gasteiger partial charge in [0.15, 0.2) is 0 Å². The highest BCUT2D eigenvalue weighted by molar-refractivity contribution is 6.46. The van der Waals surface area contributed by atoms with E-state index in [4.69, 9.17) is 4.74 Å². The average molecular weight is 460 g/mol. The van der Waals surface area contributed by atoms with Gasteiger partial charge in [-0.1, -0.05) is 49.4 Å². The fraction of sp³-hybridized carbons (Fsp3) is 0.214. The molecule has 174 valence electrons. The number of nitrogens with zero attached hydrogens (tertiary/aromatic N) is 1. The van der Waals surface area contributed by atoms with Gasteiger partial charge in [-0.3, -0.25) is 9.59 Å². The molecule has 1 aliphatic heterocycles. The van der Waals surface area contributed by atoms with Gasteiger partial charge in [0.1, 0.15) is 17.3 Å². The number of aliphatic hydroxyl groups excluding tert-OH is 1. The summed E-state index contributed by atoms with van der Waals surface area (Å²) < 4.78 is 19.2. The minimum Gasteiger partial charge on any atom is -0.507 e. The number of rotatable bonds is 8. The number of likely N-dealkylation sites (tertiary alicyclic amines) is 1. The monoisotopic (exact) mass is 459 g/mol. The van der Waals surface area contributed by atoms with Gasteiger partial charge in [0.2, 0.25) is 0 Å². The molecule has 1 atom stereocenters. The summed E-state index contributed by atoms with van der Waals surface area (Å²) in [5, 5.41) is 11.1. The SMILES string of the molecule is CCCOc1ccc(C(O)=C2C(=O)C(=O)N(CCc3ccccc3)C2c2ccc(F)cc2)cc1. The number of ketones is 1. The number of hydrogen-bond donors (Lipinski definition) is 1. The Kier molecular flexibility index (Phi) is 7.07. The van der Waals surface area contributed by atoms with E-state index in [-0.39, 0.29) is 17.9 Å². The van der Waals surface area contributed by atoms with Crippen LogP contribution in [0.5, 0.6) is 5.75 Å². The molecule has 6 heteroatoms. The summed E-state index contributed by atoms with van der Waals surface area (Å²) in [6.07, 6.45) is 1.40. The van der Waals surface area contributed by atoms with E-state index in [0.717, 1.165) is 12.0 Å². The van der Waals surface area contributed by atoms with Crippen molar-refractivity contribution < 1.29 is 23.8 Å². The molecule has 0 saturated carbocycles. The Morgan fingerprint density at radius 3 is 2.29 bits per heavy atom. The predicted molar refractivity (Wildman–Crippen MR) is 128 cm³/mol. The molecule has 1 fully saturated rings. The van der Waals surface area contributed by atoms with Crippen LogP contribution < -0.4 is 4.74 Å². The van der Waals surface area contributed by atoms with Gasteiger partial charge < -0.3 is 14.7 Å². The standard InChI is InChI=1S/C28H26FNO4/c1-2-18-34-23-14-10-21(11-15-23)26(31)24-25(20-8-12-22(29)13-9-20)30(28(33)27(24)32)17-16-19-6-4-3-5-7-19/h3-15,25,31H,2,16-18H2,1H3. The van der Waals surface area contributed by atoms with E-state index >= 15 is 0 Å². The fourth-order valence-electron chi connectivity index (χ4n) is 4.08. The van der Waals surface area contributed by atoms with E-state index in [1.807, 2.05) is 37.3 Å². The van der Waals surface area contributed by atoms with Crippen molar-refractivity contribution in [2.24, 2.45) is 0 Å². The van der Waals surface area contributed by atoms with Crippen LogP contribution in [0, 0.1) is 5.82 Å². The Hall–Kier alpha value is -3.93. The van der Waals surface area contributed by atoms with Crippen molar-refractivity contribution in [1.82, 2.24) is 4.90 Å². The number of carbonyl (C=O) groups is 2. The fourth-order valence-corrected chi connectivity index (χ4v) is 4.08. The van der Waals surface area contributed by atoms with Crippen LogP contribution in [-0.2, 0) is 16.0 Å². The normalized spacial score (nSPS) is 17.2. The number of ether oxygens (including phenoxy) is 1. The molecule has 0 aromatic heterocycles. The number of benzene rings is 3. The zero-order valence-corrected chi connectivity index (χ0v) is 18.9. The Balaban J connectivity index is 1.72. The Morgan fingerprint density at radius 1 is 0.971 bits per heavy atom.